The third kappa shape index (κ3) is 4.88. The Balaban J connectivity index is 1.51. The largest absolute Gasteiger partial charge is 0.451 e. The van der Waals surface area contributed by atoms with Crippen LogP contribution in [0.5, 0.6) is 0 Å². The lowest BCUT2D eigenvalue weighted by Crippen LogP contribution is -2.25. The van der Waals surface area contributed by atoms with Crippen molar-refractivity contribution in [2.24, 2.45) is 0 Å². The van der Waals surface area contributed by atoms with Gasteiger partial charge in [-0.25, -0.2) is 14.6 Å². The van der Waals surface area contributed by atoms with Crippen LogP contribution in [0.2, 0.25) is 0 Å². The molecule has 13 heteroatoms. The second-order valence-electron chi connectivity index (χ2n) is 6.82. The van der Waals surface area contributed by atoms with Crippen LogP contribution >= 0.6 is 23.1 Å². The van der Waals surface area contributed by atoms with Crippen LogP contribution in [0.4, 0.5) is 13.2 Å². The number of ketones is 1. The number of nitrogens with zero attached hydrogens (tertiary/aromatic N) is 4. The van der Waals surface area contributed by atoms with Gasteiger partial charge in [-0.1, -0.05) is 11.8 Å². The molecule has 164 valence electrons. The van der Waals surface area contributed by atoms with Gasteiger partial charge in [0, 0.05) is 4.88 Å². The van der Waals surface area contributed by atoms with Gasteiger partial charge in [0.25, 0.3) is 0 Å². The molecule has 3 aromatic heterocycles. The van der Waals surface area contributed by atoms with E-state index in [1.807, 2.05) is 0 Å². The molecule has 1 saturated carbocycles. The minimum atomic E-state index is -4.71. The van der Waals surface area contributed by atoms with E-state index in [9.17, 15) is 22.8 Å². The molecule has 3 aromatic rings. The molecule has 0 radical (unpaired) electrons. The van der Waals surface area contributed by atoms with E-state index in [0.717, 1.165) is 24.6 Å². The van der Waals surface area contributed by atoms with Crippen molar-refractivity contribution in [2.45, 2.75) is 36.6 Å². The molecule has 8 nitrogen and oxygen atoms in total. The van der Waals surface area contributed by atoms with Crippen LogP contribution in [0.1, 0.15) is 39.3 Å². The van der Waals surface area contributed by atoms with Crippen molar-refractivity contribution in [3.8, 4) is 0 Å². The Kier molecular flexibility index (Phi) is 5.99. The number of halogens is 3. The van der Waals surface area contributed by atoms with Gasteiger partial charge in [0.05, 0.1) is 34.8 Å². The van der Waals surface area contributed by atoms with E-state index in [0.29, 0.717) is 15.1 Å². The van der Waals surface area contributed by atoms with Crippen LogP contribution in [-0.4, -0.2) is 48.9 Å². The number of rotatable bonds is 8. The van der Waals surface area contributed by atoms with Gasteiger partial charge in [-0.3, -0.25) is 9.59 Å². The van der Waals surface area contributed by atoms with Crippen LogP contribution in [0, 0.1) is 0 Å². The maximum atomic E-state index is 13.3. The Morgan fingerprint density at radius 3 is 2.74 bits per heavy atom. The third-order valence-corrected chi connectivity index (χ3v) is 6.56. The van der Waals surface area contributed by atoms with E-state index in [4.69, 9.17) is 5.11 Å². The maximum Gasteiger partial charge on any atom is 0.451 e. The van der Waals surface area contributed by atoms with Crippen molar-refractivity contribution in [1.29, 1.82) is 0 Å². The minimum Gasteiger partial charge on any atom is -0.387 e. The summed E-state index contributed by atoms with van der Waals surface area (Å²) in [7, 11) is 0. The summed E-state index contributed by atoms with van der Waals surface area (Å²) in [4.78, 5) is 32.1. The van der Waals surface area contributed by atoms with Crippen molar-refractivity contribution in [1.82, 2.24) is 25.1 Å². The highest BCUT2D eigenvalue weighted by atomic mass is 32.2. The molecule has 0 bridgehead atoms. The lowest BCUT2D eigenvalue weighted by molar-refractivity contribution is -0.145. The summed E-state index contributed by atoms with van der Waals surface area (Å²) in [5, 5.41) is 15.8. The summed E-state index contributed by atoms with van der Waals surface area (Å²) in [5.74, 6) is -2.17. The molecule has 1 amide bonds. The summed E-state index contributed by atoms with van der Waals surface area (Å²) in [5.41, 5.74) is 0.123. The fourth-order valence-corrected chi connectivity index (χ4v) is 4.64. The SMILES string of the molecule is O=C(CO)NCc1ccc(C(=O)CSc2nc(C(F)(F)F)nc3c2cnn3C2CC2)s1. The van der Waals surface area contributed by atoms with E-state index in [-0.39, 0.29) is 34.8 Å². The number of hydrogen-bond donors (Lipinski definition) is 2. The molecule has 0 atom stereocenters. The number of carbonyl (C=O) groups excluding carboxylic acids is 2. The molecule has 0 aliphatic heterocycles. The van der Waals surface area contributed by atoms with E-state index < -0.39 is 24.5 Å². The number of aliphatic hydroxyl groups is 1. The van der Waals surface area contributed by atoms with Crippen LogP contribution in [0.25, 0.3) is 11.0 Å². The van der Waals surface area contributed by atoms with Crippen LogP contribution < -0.4 is 5.32 Å². The fraction of sp³-hybridized carbons (Fsp3) is 0.389. The maximum absolute atomic E-state index is 13.3. The van der Waals surface area contributed by atoms with Crippen molar-refractivity contribution >= 4 is 45.8 Å². The Labute approximate surface area is 181 Å². The molecule has 1 aliphatic carbocycles. The molecule has 4 rings (SSSR count). The Bertz CT molecular complexity index is 1140. The molecule has 2 N–H and O–H groups in total. The predicted octanol–water partition coefficient (Wildman–Crippen LogP) is 2.83. The van der Waals surface area contributed by atoms with E-state index in [1.54, 1.807) is 12.1 Å². The standard InChI is InChI=1S/C18H16F3N5O3S2/c19-18(20,21)17-24-15-11(6-23-26(15)9-1-2-9)16(25-17)30-8-12(28)13-4-3-10(31-13)5-22-14(29)7-27/h3-4,6,9,27H,1-2,5,7-8H2,(H,22,29). The normalized spacial score (nSPS) is 14.2. The summed E-state index contributed by atoms with van der Waals surface area (Å²) in [6.45, 7) is -0.454. The number of amides is 1. The molecule has 0 saturated heterocycles. The van der Waals surface area contributed by atoms with Gasteiger partial charge in [-0.15, -0.1) is 11.3 Å². The molecule has 0 aromatic carbocycles. The first-order chi connectivity index (χ1) is 14.8. The number of Topliss-reactive ketones (excluding diaryl/α,β-unsaturated/α-hetero) is 1. The van der Waals surface area contributed by atoms with E-state index >= 15 is 0 Å². The number of thiophene rings is 1. The Morgan fingerprint density at radius 2 is 2.06 bits per heavy atom. The number of aliphatic hydroxyl groups excluding tert-OH is 1. The molecule has 3 heterocycles. The zero-order valence-electron chi connectivity index (χ0n) is 15.8. The number of thioether (sulfide) groups is 1. The van der Waals surface area contributed by atoms with Gasteiger partial charge < -0.3 is 10.4 Å². The van der Waals surface area contributed by atoms with Crippen molar-refractivity contribution < 1.29 is 27.9 Å². The van der Waals surface area contributed by atoms with Crippen LogP contribution in [0.15, 0.2) is 23.4 Å². The monoisotopic (exact) mass is 471 g/mol. The molecule has 0 spiro atoms. The highest BCUT2D eigenvalue weighted by Gasteiger charge is 2.37. The topological polar surface area (TPSA) is 110 Å². The number of fused-ring (bicyclic) bond motifs is 1. The number of hydrogen-bond acceptors (Lipinski definition) is 8. The van der Waals surface area contributed by atoms with Gasteiger partial charge in [0.1, 0.15) is 11.6 Å². The lowest BCUT2D eigenvalue weighted by atomic mass is 10.3. The second-order valence-corrected chi connectivity index (χ2v) is 8.95. The van der Waals surface area contributed by atoms with Crippen molar-refractivity contribution in [3.05, 3.63) is 33.9 Å². The van der Waals surface area contributed by atoms with Gasteiger partial charge in [-0.05, 0) is 25.0 Å². The second kappa shape index (κ2) is 8.55. The fourth-order valence-electron chi connectivity index (χ4n) is 2.79. The smallest absolute Gasteiger partial charge is 0.387 e. The first-order valence-corrected chi connectivity index (χ1v) is 11.0. The molecule has 31 heavy (non-hydrogen) atoms. The van der Waals surface area contributed by atoms with Crippen molar-refractivity contribution in [2.75, 3.05) is 12.4 Å². The zero-order chi connectivity index (χ0) is 22.2. The summed E-state index contributed by atoms with van der Waals surface area (Å²) in [6, 6.07) is 3.31. The van der Waals surface area contributed by atoms with Crippen molar-refractivity contribution in [3.63, 3.8) is 0 Å². The van der Waals surface area contributed by atoms with Crippen LogP contribution in [-0.2, 0) is 17.5 Å². The highest BCUT2D eigenvalue weighted by molar-refractivity contribution is 8.00. The van der Waals surface area contributed by atoms with Crippen LogP contribution in [0.3, 0.4) is 0 Å². The highest BCUT2D eigenvalue weighted by Crippen LogP contribution is 2.39. The van der Waals surface area contributed by atoms with E-state index in [1.165, 1.54) is 22.2 Å². The minimum absolute atomic E-state index is 0.0452. The molecule has 0 unspecified atom stereocenters. The quantitative estimate of drug-likeness (QED) is 0.295. The molecular weight excluding hydrogens is 455 g/mol. The van der Waals surface area contributed by atoms with Gasteiger partial charge in [0.2, 0.25) is 11.7 Å². The number of alkyl halides is 3. The Morgan fingerprint density at radius 1 is 1.29 bits per heavy atom. The molecular formula is C18H16F3N5O3S2. The number of carbonyl (C=O) groups is 2. The first-order valence-electron chi connectivity index (χ1n) is 9.21. The summed E-state index contributed by atoms with van der Waals surface area (Å²) < 4.78 is 41.4. The average Bonchev–Trinajstić information content (AvgIpc) is 3.30. The Hall–Kier alpha value is -2.51. The van der Waals surface area contributed by atoms with Gasteiger partial charge in [0.15, 0.2) is 11.4 Å². The molecule has 1 fully saturated rings. The van der Waals surface area contributed by atoms with E-state index in [2.05, 4.69) is 20.4 Å². The third-order valence-electron chi connectivity index (χ3n) is 4.44. The summed E-state index contributed by atoms with van der Waals surface area (Å²) in [6.07, 6.45) is -1.60. The average molecular weight is 471 g/mol. The number of nitrogens with one attached hydrogen (secondary N) is 1. The lowest BCUT2D eigenvalue weighted by Gasteiger charge is -2.09. The predicted molar refractivity (Wildman–Crippen MR) is 107 cm³/mol. The van der Waals surface area contributed by atoms with Gasteiger partial charge >= 0.3 is 6.18 Å². The van der Waals surface area contributed by atoms with Gasteiger partial charge in [-0.2, -0.15) is 18.3 Å². The zero-order valence-corrected chi connectivity index (χ0v) is 17.5. The molecule has 1 aliphatic rings. The summed E-state index contributed by atoms with van der Waals surface area (Å²) >= 11 is 2.08. The number of aromatic nitrogens is 4. The first kappa shape index (κ1) is 21.7.